The van der Waals surface area contributed by atoms with Gasteiger partial charge >= 0.3 is 0 Å². The van der Waals surface area contributed by atoms with Crippen molar-refractivity contribution in [1.29, 1.82) is 0 Å². The first-order valence-electron chi connectivity index (χ1n) is 5.91. The lowest BCUT2D eigenvalue weighted by atomic mass is 10.1. The van der Waals surface area contributed by atoms with Crippen LogP contribution in [0.25, 0.3) is 11.0 Å². The number of imidazole rings is 1. The highest BCUT2D eigenvalue weighted by Crippen LogP contribution is 2.27. The van der Waals surface area contributed by atoms with Crippen molar-refractivity contribution in [1.82, 2.24) is 9.55 Å². The Bertz CT molecular complexity index is 495. The van der Waals surface area contributed by atoms with Gasteiger partial charge in [0.1, 0.15) is 0 Å². The number of nitrogen functional groups attached to an aromatic ring is 1. The van der Waals surface area contributed by atoms with Gasteiger partial charge in [-0.1, -0.05) is 19.9 Å². The summed E-state index contributed by atoms with van der Waals surface area (Å²) in [6.45, 7) is 6.45. The second kappa shape index (κ2) is 4.16. The highest BCUT2D eigenvalue weighted by Gasteiger charge is 2.14. The molecule has 0 radical (unpaired) electrons. The molecule has 0 aliphatic heterocycles. The molecule has 0 fully saturated rings. The van der Waals surface area contributed by atoms with Crippen LogP contribution >= 0.6 is 0 Å². The molecule has 0 spiro atoms. The summed E-state index contributed by atoms with van der Waals surface area (Å²) in [5.74, 6) is 0.634. The summed E-state index contributed by atoms with van der Waals surface area (Å²) in [5, 5.41) is 0. The molecule has 2 rings (SSSR count). The molecule has 1 heterocycles. The fourth-order valence-corrected chi connectivity index (χ4v) is 2.26. The Morgan fingerprint density at radius 3 is 2.62 bits per heavy atom. The van der Waals surface area contributed by atoms with Crippen molar-refractivity contribution in [3.05, 3.63) is 23.8 Å². The lowest BCUT2D eigenvalue weighted by Crippen LogP contribution is -2.10. The summed E-state index contributed by atoms with van der Waals surface area (Å²) in [7, 11) is 0. The molecule has 0 atom stereocenters. The van der Waals surface area contributed by atoms with Crippen LogP contribution in [0.4, 0.5) is 5.95 Å². The molecule has 1 aromatic heterocycles. The fourth-order valence-electron chi connectivity index (χ4n) is 2.26. The van der Waals surface area contributed by atoms with Crippen molar-refractivity contribution < 1.29 is 0 Å². The highest BCUT2D eigenvalue weighted by molar-refractivity contribution is 5.79. The third-order valence-corrected chi connectivity index (χ3v) is 3.18. The predicted molar refractivity (Wildman–Crippen MR) is 68.5 cm³/mol. The minimum Gasteiger partial charge on any atom is -0.369 e. The first kappa shape index (κ1) is 11.0. The van der Waals surface area contributed by atoms with Crippen molar-refractivity contribution in [3.8, 4) is 0 Å². The second-order valence-corrected chi connectivity index (χ2v) is 4.30. The molecule has 3 nitrogen and oxygen atoms in total. The van der Waals surface area contributed by atoms with Crippen LogP contribution in [-0.4, -0.2) is 9.55 Å². The molecular weight excluding hydrogens is 198 g/mol. The Morgan fingerprint density at radius 2 is 2.00 bits per heavy atom. The second-order valence-electron chi connectivity index (χ2n) is 4.30. The molecule has 1 aromatic carbocycles. The molecule has 2 N–H and O–H groups in total. The molecule has 0 amide bonds. The van der Waals surface area contributed by atoms with Crippen LogP contribution in [0.2, 0.25) is 0 Å². The molecule has 0 saturated carbocycles. The average molecular weight is 217 g/mol. The number of aryl methyl sites for hydroxylation is 1. The SMILES string of the molecule is CCC(CC)n1c(N)nc2cc(C)ccc21. The molecule has 0 unspecified atom stereocenters. The van der Waals surface area contributed by atoms with Gasteiger partial charge in [-0.25, -0.2) is 4.98 Å². The smallest absolute Gasteiger partial charge is 0.201 e. The Morgan fingerprint density at radius 1 is 1.31 bits per heavy atom. The largest absolute Gasteiger partial charge is 0.369 e. The van der Waals surface area contributed by atoms with E-state index in [1.165, 1.54) is 5.56 Å². The van der Waals surface area contributed by atoms with Gasteiger partial charge < -0.3 is 10.3 Å². The maximum atomic E-state index is 6.01. The number of rotatable bonds is 3. The zero-order valence-corrected chi connectivity index (χ0v) is 10.2. The highest BCUT2D eigenvalue weighted by atomic mass is 15.2. The van der Waals surface area contributed by atoms with E-state index in [0.29, 0.717) is 12.0 Å². The van der Waals surface area contributed by atoms with Gasteiger partial charge in [-0.2, -0.15) is 0 Å². The minimum atomic E-state index is 0.452. The van der Waals surface area contributed by atoms with Crippen LogP contribution < -0.4 is 5.73 Å². The molecule has 2 aromatic rings. The number of anilines is 1. The topological polar surface area (TPSA) is 43.8 Å². The van der Waals surface area contributed by atoms with Crippen LogP contribution in [0, 0.1) is 6.92 Å². The van der Waals surface area contributed by atoms with E-state index in [-0.39, 0.29) is 0 Å². The van der Waals surface area contributed by atoms with E-state index < -0.39 is 0 Å². The maximum absolute atomic E-state index is 6.01. The van der Waals surface area contributed by atoms with Crippen molar-refractivity contribution >= 4 is 17.0 Å². The first-order valence-corrected chi connectivity index (χ1v) is 5.91. The Kier molecular flexibility index (Phi) is 2.86. The number of aromatic nitrogens is 2. The quantitative estimate of drug-likeness (QED) is 0.857. The van der Waals surface area contributed by atoms with Gasteiger partial charge in [-0.15, -0.1) is 0 Å². The van der Waals surface area contributed by atoms with Crippen LogP contribution in [0.1, 0.15) is 38.3 Å². The van der Waals surface area contributed by atoms with Gasteiger partial charge in [0.15, 0.2) is 0 Å². The molecule has 0 aliphatic carbocycles. The average Bonchev–Trinajstić information content (AvgIpc) is 2.57. The lowest BCUT2D eigenvalue weighted by Gasteiger charge is -2.16. The number of hydrogen-bond acceptors (Lipinski definition) is 2. The van der Waals surface area contributed by atoms with Crippen LogP contribution in [0.3, 0.4) is 0 Å². The standard InChI is InChI=1S/C13H19N3/c1-4-10(5-2)16-12-7-6-9(3)8-11(12)15-13(16)14/h6-8,10H,4-5H2,1-3H3,(H2,14,15). The molecule has 0 saturated heterocycles. The van der Waals surface area contributed by atoms with E-state index in [1.807, 2.05) is 0 Å². The predicted octanol–water partition coefficient (Wildman–Crippen LogP) is 3.29. The summed E-state index contributed by atoms with van der Waals surface area (Å²) < 4.78 is 2.16. The molecule has 0 bridgehead atoms. The minimum absolute atomic E-state index is 0.452. The van der Waals surface area contributed by atoms with Crippen molar-refractivity contribution in [2.24, 2.45) is 0 Å². The fraction of sp³-hybridized carbons (Fsp3) is 0.462. The van der Waals surface area contributed by atoms with E-state index in [1.54, 1.807) is 0 Å². The zero-order valence-electron chi connectivity index (χ0n) is 10.2. The van der Waals surface area contributed by atoms with E-state index in [2.05, 4.69) is 48.5 Å². The number of nitrogens with zero attached hydrogens (tertiary/aromatic N) is 2. The Balaban J connectivity index is 2.64. The number of fused-ring (bicyclic) bond motifs is 1. The zero-order chi connectivity index (χ0) is 11.7. The summed E-state index contributed by atoms with van der Waals surface area (Å²) in [6.07, 6.45) is 2.17. The summed E-state index contributed by atoms with van der Waals surface area (Å²) in [5.41, 5.74) is 9.38. The molecule has 0 aliphatic rings. The number of benzene rings is 1. The third kappa shape index (κ3) is 1.66. The van der Waals surface area contributed by atoms with Gasteiger partial charge in [-0.3, -0.25) is 0 Å². The van der Waals surface area contributed by atoms with E-state index in [0.717, 1.165) is 23.9 Å². The van der Waals surface area contributed by atoms with Crippen molar-refractivity contribution in [2.75, 3.05) is 5.73 Å². The Labute approximate surface area is 96.3 Å². The van der Waals surface area contributed by atoms with Crippen LogP contribution in [0.15, 0.2) is 18.2 Å². The third-order valence-electron chi connectivity index (χ3n) is 3.18. The summed E-state index contributed by atoms with van der Waals surface area (Å²) >= 11 is 0. The van der Waals surface area contributed by atoms with Gasteiger partial charge in [0.2, 0.25) is 5.95 Å². The van der Waals surface area contributed by atoms with Gasteiger partial charge in [0, 0.05) is 6.04 Å². The summed E-state index contributed by atoms with van der Waals surface area (Å²) in [6, 6.07) is 6.77. The normalized spacial score (nSPS) is 11.5. The van der Waals surface area contributed by atoms with Crippen molar-refractivity contribution in [2.45, 2.75) is 39.7 Å². The molecular formula is C13H19N3. The Hall–Kier alpha value is -1.51. The van der Waals surface area contributed by atoms with Gasteiger partial charge in [0.25, 0.3) is 0 Å². The van der Waals surface area contributed by atoms with E-state index in [4.69, 9.17) is 5.73 Å². The summed E-state index contributed by atoms with van der Waals surface area (Å²) in [4.78, 5) is 4.43. The number of nitrogens with two attached hydrogens (primary N) is 1. The molecule has 3 heteroatoms. The van der Waals surface area contributed by atoms with E-state index >= 15 is 0 Å². The van der Waals surface area contributed by atoms with Gasteiger partial charge in [0.05, 0.1) is 11.0 Å². The number of hydrogen-bond donors (Lipinski definition) is 1. The van der Waals surface area contributed by atoms with E-state index in [9.17, 15) is 0 Å². The van der Waals surface area contributed by atoms with Crippen LogP contribution in [-0.2, 0) is 0 Å². The lowest BCUT2D eigenvalue weighted by molar-refractivity contribution is 0.489. The first-order chi connectivity index (χ1) is 7.67. The molecule has 16 heavy (non-hydrogen) atoms. The van der Waals surface area contributed by atoms with Crippen LogP contribution in [0.5, 0.6) is 0 Å². The van der Waals surface area contributed by atoms with Crippen molar-refractivity contribution in [3.63, 3.8) is 0 Å². The van der Waals surface area contributed by atoms with Gasteiger partial charge in [-0.05, 0) is 37.5 Å². The monoisotopic (exact) mass is 217 g/mol. The molecule has 86 valence electrons. The maximum Gasteiger partial charge on any atom is 0.201 e.